The average Bonchev–Trinajstić information content (AvgIpc) is 2.85. The van der Waals surface area contributed by atoms with Crippen molar-refractivity contribution in [3.05, 3.63) is 18.2 Å². The Morgan fingerprint density at radius 3 is 2.67 bits per heavy atom. The largest absolute Gasteiger partial charge is 0.494 e. The molecule has 5 heteroatoms. The Bertz CT molecular complexity index is 632. The Labute approximate surface area is 124 Å². The Morgan fingerprint density at radius 1 is 1.29 bits per heavy atom. The van der Waals surface area contributed by atoms with Crippen LogP contribution in [-0.4, -0.2) is 29.7 Å². The molecule has 0 saturated heterocycles. The number of nitrogens with zero attached hydrogens (tertiary/aromatic N) is 2. The van der Waals surface area contributed by atoms with Gasteiger partial charge in [-0.2, -0.15) is 4.98 Å². The van der Waals surface area contributed by atoms with E-state index in [0.717, 1.165) is 18.4 Å². The Morgan fingerprint density at radius 2 is 2.05 bits per heavy atom. The Kier molecular flexibility index (Phi) is 4.83. The van der Waals surface area contributed by atoms with E-state index < -0.39 is 0 Å². The highest BCUT2D eigenvalue weighted by molar-refractivity contribution is 5.94. The number of methoxy groups -OCH3 is 2. The molecule has 21 heavy (non-hydrogen) atoms. The van der Waals surface area contributed by atoms with Crippen molar-refractivity contribution >= 4 is 16.9 Å². The zero-order valence-corrected chi connectivity index (χ0v) is 13.0. The molecule has 0 bridgehead atoms. The molecule has 1 aromatic carbocycles. The fourth-order valence-electron chi connectivity index (χ4n) is 2.37. The molecule has 2 rings (SSSR count). The highest BCUT2D eigenvalue weighted by Gasteiger charge is 2.19. The van der Waals surface area contributed by atoms with Crippen LogP contribution in [0, 0.1) is 5.92 Å². The van der Waals surface area contributed by atoms with E-state index in [1.54, 1.807) is 7.11 Å². The van der Waals surface area contributed by atoms with Gasteiger partial charge in [-0.1, -0.05) is 26.3 Å². The maximum Gasteiger partial charge on any atom is 0.304 e. The van der Waals surface area contributed by atoms with Crippen molar-refractivity contribution in [1.29, 1.82) is 0 Å². The van der Waals surface area contributed by atoms with Crippen molar-refractivity contribution in [2.24, 2.45) is 5.92 Å². The molecule has 0 aliphatic carbocycles. The lowest BCUT2D eigenvalue weighted by molar-refractivity contribution is 0.0892. The van der Waals surface area contributed by atoms with Crippen LogP contribution >= 0.6 is 0 Å². The van der Waals surface area contributed by atoms with Crippen molar-refractivity contribution in [2.75, 3.05) is 14.2 Å². The van der Waals surface area contributed by atoms with Gasteiger partial charge in [0.05, 0.1) is 19.7 Å². The predicted octanol–water partition coefficient (Wildman–Crippen LogP) is 3.52. The number of hydrogen-bond donors (Lipinski definition) is 0. The highest BCUT2D eigenvalue weighted by Crippen LogP contribution is 2.29. The van der Waals surface area contributed by atoms with Crippen LogP contribution in [0.4, 0.5) is 0 Å². The summed E-state index contributed by atoms with van der Waals surface area (Å²) in [6.07, 6.45) is 2.38. The first-order chi connectivity index (χ1) is 10.1. The first-order valence-corrected chi connectivity index (χ1v) is 7.21. The molecular weight excluding hydrogens is 268 g/mol. The normalized spacial score (nSPS) is 11.1. The molecule has 0 spiro atoms. The van der Waals surface area contributed by atoms with Gasteiger partial charge in [0, 0.05) is 6.42 Å². The van der Waals surface area contributed by atoms with Gasteiger partial charge in [-0.3, -0.25) is 4.79 Å². The van der Waals surface area contributed by atoms with Crippen molar-refractivity contribution in [3.63, 3.8) is 0 Å². The number of rotatable bonds is 6. The average molecular weight is 290 g/mol. The van der Waals surface area contributed by atoms with Gasteiger partial charge in [-0.15, -0.1) is 0 Å². The molecule has 1 heterocycles. The maximum absolute atomic E-state index is 12.5. The van der Waals surface area contributed by atoms with E-state index in [0.29, 0.717) is 29.6 Å². The third-order valence-electron chi connectivity index (χ3n) is 3.44. The van der Waals surface area contributed by atoms with Crippen LogP contribution in [0.25, 0.3) is 11.0 Å². The molecule has 0 fully saturated rings. The van der Waals surface area contributed by atoms with E-state index in [2.05, 4.69) is 18.8 Å². The minimum absolute atomic E-state index is 0.00301. The number of fused-ring (bicyclic) bond motifs is 1. The van der Waals surface area contributed by atoms with Crippen LogP contribution in [0.5, 0.6) is 11.8 Å². The third-order valence-corrected chi connectivity index (χ3v) is 3.44. The second kappa shape index (κ2) is 6.61. The van der Waals surface area contributed by atoms with Gasteiger partial charge in [0.1, 0.15) is 11.3 Å². The molecule has 1 aromatic heterocycles. The highest BCUT2D eigenvalue weighted by atomic mass is 16.5. The standard InChI is InChI=1S/C16H22N2O3/c1-11(2)7-5-10-14(19)18-12-8-6-9-13(20-3)15(12)17-16(18)21-4/h6,8-9,11H,5,7,10H2,1-4H3. The summed E-state index contributed by atoms with van der Waals surface area (Å²) in [6, 6.07) is 5.83. The summed E-state index contributed by atoms with van der Waals surface area (Å²) in [5, 5.41) is 0. The van der Waals surface area contributed by atoms with Gasteiger partial charge in [0.2, 0.25) is 5.91 Å². The second-order valence-electron chi connectivity index (χ2n) is 5.44. The van der Waals surface area contributed by atoms with Gasteiger partial charge in [-0.05, 0) is 24.5 Å². The van der Waals surface area contributed by atoms with Crippen LogP contribution in [0.1, 0.15) is 37.9 Å². The Hall–Kier alpha value is -2.04. The smallest absolute Gasteiger partial charge is 0.304 e. The van der Waals surface area contributed by atoms with Gasteiger partial charge in [-0.25, -0.2) is 4.57 Å². The molecule has 0 aliphatic heterocycles. The lowest BCUT2D eigenvalue weighted by atomic mass is 10.1. The topological polar surface area (TPSA) is 53.4 Å². The zero-order chi connectivity index (χ0) is 15.4. The van der Waals surface area contributed by atoms with Crippen molar-refractivity contribution in [1.82, 2.24) is 9.55 Å². The van der Waals surface area contributed by atoms with E-state index >= 15 is 0 Å². The monoisotopic (exact) mass is 290 g/mol. The predicted molar refractivity (Wildman–Crippen MR) is 82.2 cm³/mol. The molecule has 0 amide bonds. The number of imidazole rings is 1. The zero-order valence-electron chi connectivity index (χ0n) is 13.0. The molecule has 0 radical (unpaired) electrons. The van der Waals surface area contributed by atoms with Gasteiger partial charge >= 0.3 is 6.01 Å². The number of carbonyl (C=O) groups is 1. The molecule has 0 unspecified atom stereocenters. The van der Waals surface area contributed by atoms with Crippen LogP contribution in [-0.2, 0) is 0 Å². The first-order valence-electron chi connectivity index (χ1n) is 7.21. The lowest BCUT2D eigenvalue weighted by Gasteiger charge is -2.08. The Balaban J connectivity index is 2.35. The summed E-state index contributed by atoms with van der Waals surface area (Å²) < 4.78 is 12.1. The summed E-state index contributed by atoms with van der Waals surface area (Å²) >= 11 is 0. The van der Waals surface area contributed by atoms with E-state index in [-0.39, 0.29) is 5.91 Å². The van der Waals surface area contributed by atoms with Crippen LogP contribution in [0.15, 0.2) is 18.2 Å². The lowest BCUT2D eigenvalue weighted by Crippen LogP contribution is -2.12. The molecule has 0 aliphatic rings. The van der Waals surface area contributed by atoms with E-state index in [4.69, 9.17) is 9.47 Å². The molecule has 0 atom stereocenters. The summed E-state index contributed by atoms with van der Waals surface area (Å²) in [6.45, 7) is 4.31. The molecule has 0 saturated carbocycles. The molecule has 0 N–H and O–H groups in total. The SMILES string of the molecule is COc1cccc2c1nc(OC)n2C(=O)CCCC(C)C. The van der Waals surface area contributed by atoms with Crippen molar-refractivity contribution in [3.8, 4) is 11.8 Å². The van der Waals surface area contributed by atoms with Gasteiger partial charge in [0.25, 0.3) is 0 Å². The van der Waals surface area contributed by atoms with Crippen molar-refractivity contribution < 1.29 is 14.3 Å². The van der Waals surface area contributed by atoms with Gasteiger partial charge < -0.3 is 9.47 Å². The number of hydrogen-bond acceptors (Lipinski definition) is 4. The van der Waals surface area contributed by atoms with Gasteiger partial charge in [0.15, 0.2) is 0 Å². The number of para-hydroxylation sites is 1. The first kappa shape index (κ1) is 15.4. The summed E-state index contributed by atoms with van der Waals surface area (Å²) in [4.78, 5) is 16.8. The van der Waals surface area contributed by atoms with Crippen LogP contribution < -0.4 is 9.47 Å². The third kappa shape index (κ3) is 3.17. The fourth-order valence-corrected chi connectivity index (χ4v) is 2.37. The number of ether oxygens (including phenoxy) is 2. The minimum Gasteiger partial charge on any atom is -0.494 e. The summed E-state index contributed by atoms with van der Waals surface area (Å²) in [5.74, 6) is 1.24. The molecule has 5 nitrogen and oxygen atoms in total. The summed E-state index contributed by atoms with van der Waals surface area (Å²) in [5.41, 5.74) is 1.37. The second-order valence-corrected chi connectivity index (χ2v) is 5.44. The summed E-state index contributed by atoms with van der Waals surface area (Å²) in [7, 11) is 3.11. The minimum atomic E-state index is 0.00301. The van der Waals surface area contributed by atoms with E-state index in [9.17, 15) is 4.79 Å². The maximum atomic E-state index is 12.5. The fraction of sp³-hybridized carbons (Fsp3) is 0.500. The molecular formula is C16H22N2O3. The molecule has 2 aromatic rings. The quantitative estimate of drug-likeness (QED) is 0.816. The molecule has 114 valence electrons. The number of benzene rings is 1. The van der Waals surface area contributed by atoms with Crippen LogP contribution in [0.2, 0.25) is 0 Å². The number of carbonyl (C=O) groups excluding carboxylic acids is 1. The van der Waals surface area contributed by atoms with Crippen molar-refractivity contribution in [2.45, 2.75) is 33.1 Å². The van der Waals surface area contributed by atoms with E-state index in [1.165, 1.54) is 11.7 Å². The number of aromatic nitrogens is 2. The van der Waals surface area contributed by atoms with E-state index in [1.807, 2.05) is 18.2 Å². The van der Waals surface area contributed by atoms with Crippen LogP contribution in [0.3, 0.4) is 0 Å².